The van der Waals surface area contributed by atoms with Crippen LogP contribution in [0.25, 0.3) is 0 Å². The number of carbonyl (C=O) groups excluding carboxylic acids is 1. The van der Waals surface area contributed by atoms with E-state index in [2.05, 4.69) is 17.0 Å². The average molecular weight is 261 g/mol. The van der Waals surface area contributed by atoms with Gasteiger partial charge in [-0.1, -0.05) is 18.2 Å². The molecule has 1 saturated carbocycles. The molecule has 0 unspecified atom stereocenters. The van der Waals surface area contributed by atoms with E-state index in [0.29, 0.717) is 11.7 Å². The molecule has 0 aromatic heterocycles. The molecule has 0 bridgehead atoms. The molecule has 18 heavy (non-hydrogen) atoms. The van der Waals surface area contributed by atoms with Crippen molar-refractivity contribution in [3.05, 3.63) is 35.4 Å². The van der Waals surface area contributed by atoms with Gasteiger partial charge in [-0.25, -0.2) is 0 Å². The zero-order chi connectivity index (χ0) is 12.4. The molecule has 1 aromatic carbocycles. The van der Waals surface area contributed by atoms with Crippen molar-refractivity contribution < 1.29 is 4.79 Å². The minimum Gasteiger partial charge on any atom is -0.297 e. The summed E-state index contributed by atoms with van der Waals surface area (Å²) in [5.74, 6) is 3.15. The summed E-state index contributed by atoms with van der Waals surface area (Å²) >= 11 is 2.03. The van der Waals surface area contributed by atoms with Crippen molar-refractivity contribution in [2.75, 3.05) is 24.6 Å². The third-order valence-corrected chi connectivity index (χ3v) is 4.61. The van der Waals surface area contributed by atoms with E-state index in [1.165, 1.54) is 30.2 Å². The molecule has 0 atom stereocenters. The molecule has 0 spiro atoms. The van der Waals surface area contributed by atoms with E-state index in [4.69, 9.17) is 0 Å². The van der Waals surface area contributed by atoms with Crippen LogP contribution in [0, 0.1) is 5.92 Å². The number of nitrogens with zero attached hydrogens (tertiary/aromatic N) is 1. The highest BCUT2D eigenvalue weighted by atomic mass is 32.2. The maximum absolute atomic E-state index is 12.0. The molecule has 1 saturated heterocycles. The van der Waals surface area contributed by atoms with Crippen molar-refractivity contribution in [2.45, 2.75) is 19.4 Å². The van der Waals surface area contributed by atoms with Crippen molar-refractivity contribution in [1.82, 2.24) is 4.90 Å². The SMILES string of the molecule is O=C(c1cccc(CN2CCSCC2)c1)C1CC1. The average Bonchev–Trinajstić information content (AvgIpc) is 3.24. The summed E-state index contributed by atoms with van der Waals surface area (Å²) in [6, 6.07) is 8.24. The molecule has 2 fully saturated rings. The molecule has 3 heteroatoms. The first-order valence-corrected chi connectivity index (χ1v) is 7.91. The minimum atomic E-state index is 0.326. The van der Waals surface area contributed by atoms with Gasteiger partial charge in [0.15, 0.2) is 5.78 Å². The van der Waals surface area contributed by atoms with Gasteiger partial charge in [0.1, 0.15) is 0 Å². The summed E-state index contributed by atoms with van der Waals surface area (Å²) in [5, 5.41) is 0. The zero-order valence-corrected chi connectivity index (χ0v) is 11.4. The van der Waals surface area contributed by atoms with Gasteiger partial charge in [0.2, 0.25) is 0 Å². The normalized spacial score (nSPS) is 20.9. The first-order chi connectivity index (χ1) is 8.83. The van der Waals surface area contributed by atoms with Crippen molar-refractivity contribution >= 4 is 17.5 Å². The monoisotopic (exact) mass is 261 g/mol. The topological polar surface area (TPSA) is 20.3 Å². The predicted molar refractivity (Wildman–Crippen MR) is 76.1 cm³/mol. The van der Waals surface area contributed by atoms with Crippen molar-refractivity contribution in [2.24, 2.45) is 5.92 Å². The highest BCUT2D eigenvalue weighted by molar-refractivity contribution is 7.99. The van der Waals surface area contributed by atoms with Crippen LogP contribution in [0.4, 0.5) is 0 Å². The lowest BCUT2D eigenvalue weighted by Crippen LogP contribution is -2.32. The molecule has 1 heterocycles. The number of ketones is 1. The number of carbonyl (C=O) groups is 1. The van der Waals surface area contributed by atoms with E-state index in [1.807, 2.05) is 23.9 Å². The second-order valence-corrected chi connectivity index (χ2v) is 6.45. The molecule has 0 amide bonds. The molecule has 1 aliphatic carbocycles. The van der Waals surface area contributed by atoms with Crippen molar-refractivity contribution in [3.8, 4) is 0 Å². The molecule has 96 valence electrons. The van der Waals surface area contributed by atoms with Gasteiger partial charge < -0.3 is 0 Å². The maximum atomic E-state index is 12.0. The summed E-state index contributed by atoms with van der Waals surface area (Å²) in [7, 11) is 0. The van der Waals surface area contributed by atoms with E-state index < -0.39 is 0 Å². The van der Waals surface area contributed by atoms with Gasteiger partial charge in [-0.15, -0.1) is 0 Å². The van der Waals surface area contributed by atoms with E-state index in [-0.39, 0.29) is 0 Å². The van der Waals surface area contributed by atoms with Gasteiger partial charge in [-0.2, -0.15) is 11.8 Å². The van der Waals surface area contributed by atoms with Crippen LogP contribution in [0.2, 0.25) is 0 Å². The van der Waals surface area contributed by atoms with Crippen LogP contribution in [0.3, 0.4) is 0 Å². The zero-order valence-electron chi connectivity index (χ0n) is 10.6. The number of rotatable bonds is 4. The number of hydrogen-bond donors (Lipinski definition) is 0. The maximum Gasteiger partial charge on any atom is 0.165 e. The fraction of sp³-hybridized carbons (Fsp3) is 0.533. The molecular weight excluding hydrogens is 242 g/mol. The Kier molecular flexibility index (Phi) is 3.71. The fourth-order valence-electron chi connectivity index (χ4n) is 2.42. The van der Waals surface area contributed by atoms with E-state index >= 15 is 0 Å². The summed E-state index contributed by atoms with van der Waals surface area (Å²) < 4.78 is 0. The Morgan fingerprint density at radius 2 is 2.06 bits per heavy atom. The molecule has 3 rings (SSSR count). The third kappa shape index (κ3) is 2.96. The number of hydrogen-bond acceptors (Lipinski definition) is 3. The van der Waals surface area contributed by atoms with E-state index in [0.717, 1.165) is 24.9 Å². The van der Waals surface area contributed by atoms with Crippen LogP contribution >= 0.6 is 11.8 Å². The molecular formula is C15H19NOS. The molecule has 1 aromatic rings. The number of benzene rings is 1. The summed E-state index contributed by atoms with van der Waals surface area (Å²) in [6.07, 6.45) is 2.18. The smallest absolute Gasteiger partial charge is 0.165 e. The van der Waals surface area contributed by atoms with Crippen LogP contribution in [0.1, 0.15) is 28.8 Å². The first kappa shape index (κ1) is 12.2. The van der Waals surface area contributed by atoms with Gasteiger partial charge in [-0.3, -0.25) is 9.69 Å². The second kappa shape index (κ2) is 5.45. The van der Waals surface area contributed by atoms with Crippen LogP contribution in [-0.4, -0.2) is 35.3 Å². The lowest BCUT2D eigenvalue weighted by molar-refractivity contribution is 0.0967. The molecule has 2 nitrogen and oxygen atoms in total. The first-order valence-electron chi connectivity index (χ1n) is 6.76. The van der Waals surface area contributed by atoms with E-state index in [1.54, 1.807) is 0 Å². The van der Waals surface area contributed by atoms with Crippen molar-refractivity contribution in [1.29, 1.82) is 0 Å². The highest BCUT2D eigenvalue weighted by Gasteiger charge is 2.30. The van der Waals surface area contributed by atoms with Crippen LogP contribution in [0.5, 0.6) is 0 Å². The molecule has 0 N–H and O–H groups in total. The number of Topliss-reactive ketones (excluding diaryl/α,β-unsaturated/α-hetero) is 1. The summed E-state index contributed by atoms with van der Waals surface area (Å²) in [5.41, 5.74) is 2.20. The van der Waals surface area contributed by atoms with Gasteiger partial charge in [0, 0.05) is 42.6 Å². The highest BCUT2D eigenvalue weighted by Crippen LogP contribution is 2.32. The van der Waals surface area contributed by atoms with Gasteiger partial charge in [-0.05, 0) is 24.5 Å². The quantitative estimate of drug-likeness (QED) is 0.777. The van der Waals surface area contributed by atoms with Crippen LogP contribution < -0.4 is 0 Å². The molecule has 1 aliphatic heterocycles. The van der Waals surface area contributed by atoms with Gasteiger partial charge in [0.05, 0.1) is 0 Å². The fourth-order valence-corrected chi connectivity index (χ4v) is 3.40. The van der Waals surface area contributed by atoms with Crippen LogP contribution in [-0.2, 0) is 6.54 Å². The molecule has 0 radical (unpaired) electrons. The Morgan fingerprint density at radius 3 is 2.78 bits per heavy atom. The Labute approximate surface area is 113 Å². The van der Waals surface area contributed by atoms with Gasteiger partial charge in [0.25, 0.3) is 0 Å². The summed E-state index contributed by atoms with van der Waals surface area (Å²) in [4.78, 5) is 14.5. The van der Waals surface area contributed by atoms with Crippen molar-refractivity contribution in [3.63, 3.8) is 0 Å². The van der Waals surface area contributed by atoms with Crippen LogP contribution in [0.15, 0.2) is 24.3 Å². The third-order valence-electron chi connectivity index (χ3n) is 3.67. The summed E-state index contributed by atoms with van der Waals surface area (Å²) in [6.45, 7) is 3.34. The predicted octanol–water partition coefficient (Wildman–Crippen LogP) is 2.83. The van der Waals surface area contributed by atoms with E-state index in [9.17, 15) is 4.79 Å². The Bertz CT molecular complexity index is 436. The lowest BCUT2D eigenvalue weighted by Gasteiger charge is -2.26. The number of thioether (sulfide) groups is 1. The Morgan fingerprint density at radius 1 is 1.28 bits per heavy atom. The second-order valence-electron chi connectivity index (χ2n) is 5.23. The minimum absolute atomic E-state index is 0.326. The molecule has 2 aliphatic rings. The Balaban J connectivity index is 1.67. The lowest BCUT2D eigenvalue weighted by atomic mass is 10.0. The standard InChI is InChI=1S/C15H19NOS/c17-15(13-4-5-13)14-3-1-2-12(10-14)11-16-6-8-18-9-7-16/h1-3,10,13H,4-9,11H2. The Hall–Kier alpha value is -0.800. The van der Waals surface area contributed by atoms with Gasteiger partial charge >= 0.3 is 0 Å². The largest absolute Gasteiger partial charge is 0.297 e.